The van der Waals surface area contributed by atoms with Gasteiger partial charge in [0.05, 0.1) is 23.2 Å². The normalized spacial score (nSPS) is 20.8. The number of amides is 1. The summed E-state index contributed by atoms with van der Waals surface area (Å²) in [6, 6.07) is 0. The fraction of sp³-hybridized carbons (Fsp3) is 0.692. The Bertz CT molecular complexity index is 481. The Kier molecular flexibility index (Phi) is 3.80. The monoisotopic (exact) mass is 266 g/mol. The fourth-order valence-electron chi connectivity index (χ4n) is 2.50. The molecular weight excluding hydrogens is 244 g/mol. The average Bonchev–Trinajstić information content (AvgIpc) is 2.92. The van der Waals surface area contributed by atoms with Crippen LogP contribution in [0.4, 0.5) is 5.69 Å². The maximum Gasteiger partial charge on any atom is 0.244 e. The molecule has 1 aromatic heterocycles. The molecule has 1 amide bonds. The van der Waals surface area contributed by atoms with E-state index >= 15 is 0 Å². The quantitative estimate of drug-likeness (QED) is 0.824. The second-order valence-electron chi connectivity index (χ2n) is 5.37. The van der Waals surface area contributed by atoms with Crippen LogP contribution in [0.1, 0.15) is 24.7 Å². The number of aryl methyl sites for hydroxylation is 1. The molecule has 106 valence electrons. The summed E-state index contributed by atoms with van der Waals surface area (Å²) in [5.74, 6) is 0.225. The summed E-state index contributed by atoms with van der Waals surface area (Å²) in [4.78, 5) is 14.0. The molecule has 0 saturated carbocycles. The van der Waals surface area contributed by atoms with Crippen molar-refractivity contribution < 1.29 is 9.90 Å². The summed E-state index contributed by atoms with van der Waals surface area (Å²) in [6.07, 6.45) is 0.505. The molecule has 1 saturated heterocycles. The zero-order valence-electron chi connectivity index (χ0n) is 11.8. The lowest BCUT2D eigenvalue weighted by Gasteiger charge is -2.18. The van der Waals surface area contributed by atoms with E-state index in [1.54, 1.807) is 16.5 Å². The number of hydrogen-bond donors (Lipinski definition) is 2. The van der Waals surface area contributed by atoms with E-state index in [0.29, 0.717) is 18.8 Å². The first-order valence-electron chi connectivity index (χ1n) is 6.65. The van der Waals surface area contributed by atoms with E-state index < -0.39 is 0 Å². The number of aliphatic hydroxyl groups is 1. The summed E-state index contributed by atoms with van der Waals surface area (Å²) in [5.41, 5.74) is 8.09. The lowest BCUT2D eigenvalue weighted by atomic mass is 10.0. The van der Waals surface area contributed by atoms with Gasteiger partial charge in [-0.15, -0.1) is 0 Å². The second kappa shape index (κ2) is 5.21. The number of carbonyl (C=O) groups excluding carboxylic acids is 1. The lowest BCUT2D eigenvalue weighted by molar-refractivity contribution is -0.131. The predicted octanol–water partition coefficient (Wildman–Crippen LogP) is 0.311. The molecule has 2 atom stereocenters. The van der Waals surface area contributed by atoms with Gasteiger partial charge in [-0.1, -0.05) is 0 Å². The summed E-state index contributed by atoms with van der Waals surface area (Å²) in [5, 5.41) is 13.8. The van der Waals surface area contributed by atoms with E-state index in [2.05, 4.69) is 5.10 Å². The van der Waals surface area contributed by atoms with E-state index in [9.17, 15) is 9.90 Å². The maximum absolute atomic E-state index is 12.2. The molecule has 1 fully saturated rings. The SMILES string of the molecule is Cc1nn(CC(=O)N2CCC(C(C)O)C2)c(C)c1N. The van der Waals surface area contributed by atoms with Gasteiger partial charge in [0, 0.05) is 19.0 Å². The van der Waals surface area contributed by atoms with Crippen molar-refractivity contribution in [2.75, 3.05) is 18.8 Å². The fourth-order valence-corrected chi connectivity index (χ4v) is 2.50. The highest BCUT2D eigenvalue weighted by atomic mass is 16.3. The number of hydrogen-bond acceptors (Lipinski definition) is 4. The van der Waals surface area contributed by atoms with Gasteiger partial charge >= 0.3 is 0 Å². The molecule has 0 radical (unpaired) electrons. The van der Waals surface area contributed by atoms with E-state index in [1.165, 1.54) is 0 Å². The average molecular weight is 266 g/mol. The number of likely N-dealkylation sites (tertiary alicyclic amines) is 1. The Hall–Kier alpha value is -1.56. The van der Waals surface area contributed by atoms with Crippen molar-refractivity contribution in [3.05, 3.63) is 11.4 Å². The van der Waals surface area contributed by atoms with Crippen molar-refractivity contribution in [1.82, 2.24) is 14.7 Å². The minimum absolute atomic E-state index is 0.0359. The maximum atomic E-state index is 12.2. The van der Waals surface area contributed by atoms with Crippen LogP contribution in [0.25, 0.3) is 0 Å². The molecule has 2 heterocycles. The molecule has 1 aromatic rings. The first-order chi connectivity index (χ1) is 8.90. The van der Waals surface area contributed by atoms with Crippen LogP contribution in [0.15, 0.2) is 0 Å². The molecule has 0 aromatic carbocycles. The van der Waals surface area contributed by atoms with Gasteiger partial charge in [-0.25, -0.2) is 0 Å². The number of carbonyl (C=O) groups is 1. The number of aliphatic hydroxyl groups excluding tert-OH is 1. The molecule has 6 nitrogen and oxygen atoms in total. The molecule has 1 aliphatic rings. The molecule has 2 unspecified atom stereocenters. The van der Waals surface area contributed by atoms with Gasteiger partial charge in [0.25, 0.3) is 0 Å². The lowest BCUT2D eigenvalue weighted by Crippen LogP contribution is -2.33. The van der Waals surface area contributed by atoms with Crippen LogP contribution in [0.2, 0.25) is 0 Å². The molecule has 2 rings (SSSR count). The molecule has 0 bridgehead atoms. The Labute approximate surface area is 113 Å². The zero-order valence-corrected chi connectivity index (χ0v) is 11.8. The third kappa shape index (κ3) is 2.73. The minimum atomic E-state index is -0.359. The third-order valence-corrected chi connectivity index (χ3v) is 3.98. The number of nitrogens with two attached hydrogens (primary N) is 1. The van der Waals surface area contributed by atoms with Crippen LogP contribution in [0.3, 0.4) is 0 Å². The van der Waals surface area contributed by atoms with Gasteiger partial charge in [0.1, 0.15) is 6.54 Å². The standard InChI is InChI=1S/C13H22N4O2/c1-8-13(14)9(2)17(15-8)7-12(19)16-5-4-11(6-16)10(3)18/h10-11,18H,4-7,14H2,1-3H3. The van der Waals surface area contributed by atoms with Gasteiger partial charge < -0.3 is 15.7 Å². The van der Waals surface area contributed by atoms with Crippen molar-refractivity contribution in [3.8, 4) is 0 Å². The zero-order chi connectivity index (χ0) is 14.2. The smallest absolute Gasteiger partial charge is 0.244 e. The summed E-state index contributed by atoms with van der Waals surface area (Å²) >= 11 is 0. The Morgan fingerprint density at radius 2 is 2.26 bits per heavy atom. The highest BCUT2D eigenvalue weighted by Crippen LogP contribution is 2.20. The highest BCUT2D eigenvalue weighted by molar-refractivity contribution is 5.76. The second-order valence-corrected chi connectivity index (χ2v) is 5.37. The first kappa shape index (κ1) is 13.9. The molecule has 1 aliphatic heterocycles. The molecule has 3 N–H and O–H groups in total. The van der Waals surface area contributed by atoms with Crippen LogP contribution < -0.4 is 5.73 Å². The van der Waals surface area contributed by atoms with E-state index in [0.717, 1.165) is 17.8 Å². The Morgan fingerprint density at radius 1 is 1.58 bits per heavy atom. The van der Waals surface area contributed by atoms with Crippen LogP contribution in [-0.4, -0.2) is 44.9 Å². The number of anilines is 1. The topological polar surface area (TPSA) is 84.4 Å². The molecule has 0 aliphatic carbocycles. The van der Waals surface area contributed by atoms with Crippen LogP contribution in [0, 0.1) is 19.8 Å². The molecule has 6 heteroatoms. The number of nitrogens with zero attached hydrogens (tertiary/aromatic N) is 3. The van der Waals surface area contributed by atoms with Crippen molar-refractivity contribution >= 4 is 11.6 Å². The third-order valence-electron chi connectivity index (χ3n) is 3.98. The van der Waals surface area contributed by atoms with Gasteiger partial charge in [-0.2, -0.15) is 5.10 Å². The molecule has 19 heavy (non-hydrogen) atoms. The number of nitrogen functional groups attached to an aromatic ring is 1. The van der Waals surface area contributed by atoms with Crippen molar-refractivity contribution in [2.45, 2.75) is 39.8 Å². The van der Waals surface area contributed by atoms with Crippen molar-refractivity contribution in [1.29, 1.82) is 0 Å². The van der Waals surface area contributed by atoms with Crippen molar-refractivity contribution in [2.24, 2.45) is 5.92 Å². The van der Waals surface area contributed by atoms with Crippen LogP contribution >= 0.6 is 0 Å². The first-order valence-corrected chi connectivity index (χ1v) is 6.65. The molecular formula is C13H22N4O2. The highest BCUT2D eigenvalue weighted by Gasteiger charge is 2.29. The van der Waals surface area contributed by atoms with Gasteiger partial charge in [0.2, 0.25) is 5.91 Å². The Balaban J connectivity index is 2.00. The largest absolute Gasteiger partial charge is 0.396 e. The van der Waals surface area contributed by atoms with Gasteiger partial charge in [-0.3, -0.25) is 9.48 Å². The summed E-state index contributed by atoms with van der Waals surface area (Å²) in [7, 11) is 0. The van der Waals surface area contributed by atoms with Crippen molar-refractivity contribution in [3.63, 3.8) is 0 Å². The van der Waals surface area contributed by atoms with Crippen LogP contribution in [-0.2, 0) is 11.3 Å². The number of rotatable bonds is 3. The minimum Gasteiger partial charge on any atom is -0.396 e. The summed E-state index contributed by atoms with van der Waals surface area (Å²) in [6.45, 7) is 7.04. The van der Waals surface area contributed by atoms with Crippen LogP contribution in [0.5, 0.6) is 0 Å². The Morgan fingerprint density at radius 3 is 2.74 bits per heavy atom. The van der Waals surface area contributed by atoms with Gasteiger partial charge in [-0.05, 0) is 27.2 Å². The van der Waals surface area contributed by atoms with E-state index in [4.69, 9.17) is 5.73 Å². The van der Waals surface area contributed by atoms with Gasteiger partial charge in [0.15, 0.2) is 0 Å². The number of aromatic nitrogens is 2. The van der Waals surface area contributed by atoms with E-state index in [-0.39, 0.29) is 24.5 Å². The predicted molar refractivity (Wildman–Crippen MR) is 72.5 cm³/mol. The summed E-state index contributed by atoms with van der Waals surface area (Å²) < 4.78 is 1.66. The van der Waals surface area contributed by atoms with E-state index in [1.807, 2.05) is 13.8 Å². The molecule has 0 spiro atoms.